The summed E-state index contributed by atoms with van der Waals surface area (Å²) in [6.45, 7) is 0.713. The number of benzene rings is 1. The zero-order valence-electron chi connectivity index (χ0n) is 18.9. The number of carbonyl (C=O) groups is 1. The van der Waals surface area contributed by atoms with E-state index in [4.69, 9.17) is 14.2 Å². The number of carboxylic acid groups (broad SMARTS) is 1. The second-order valence-electron chi connectivity index (χ2n) is 8.23. The lowest BCUT2D eigenvalue weighted by molar-refractivity contribution is -0.143. The highest BCUT2D eigenvalue weighted by Gasteiger charge is 2.31. The topological polar surface area (TPSA) is 95.7 Å². The molecule has 0 saturated carbocycles. The van der Waals surface area contributed by atoms with Crippen molar-refractivity contribution in [1.29, 1.82) is 0 Å². The first kappa shape index (κ1) is 24.4. The SMILES string of the molecule is Cc1cccc(CCOc2cc(CC(CC(=O)O)c3ccc4c(c3)OCO4)nn2CC(F)(F)F)n1. The van der Waals surface area contributed by atoms with Crippen LogP contribution in [0.1, 0.15) is 35.0 Å². The third kappa shape index (κ3) is 6.65. The van der Waals surface area contributed by atoms with E-state index in [1.54, 1.807) is 18.2 Å². The number of hydrogen-bond acceptors (Lipinski definition) is 6. The molecule has 186 valence electrons. The molecule has 4 rings (SSSR count). The number of carboxylic acids is 1. The van der Waals surface area contributed by atoms with E-state index in [0.717, 1.165) is 16.1 Å². The molecule has 0 spiro atoms. The largest absolute Gasteiger partial charge is 0.481 e. The fraction of sp³-hybridized carbons (Fsp3) is 0.375. The van der Waals surface area contributed by atoms with E-state index in [1.807, 2.05) is 25.1 Å². The normalized spacial score (nSPS) is 13.6. The average molecular weight is 491 g/mol. The molecule has 8 nitrogen and oxygen atoms in total. The molecule has 35 heavy (non-hydrogen) atoms. The number of aryl methyl sites for hydroxylation is 1. The lowest BCUT2D eigenvalue weighted by atomic mass is 9.91. The Morgan fingerprint density at radius 3 is 2.71 bits per heavy atom. The number of aromatic nitrogens is 3. The highest BCUT2D eigenvalue weighted by atomic mass is 19.4. The van der Waals surface area contributed by atoms with E-state index >= 15 is 0 Å². The van der Waals surface area contributed by atoms with Crippen LogP contribution in [0.4, 0.5) is 13.2 Å². The monoisotopic (exact) mass is 491 g/mol. The van der Waals surface area contributed by atoms with E-state index < -0.39 is 24.6 Å². The summed E-state index contributed by atoms with van der Waals surface area (Å²) in [6, 6.07) is 12.0. The first-order valence-corrected chi connectivity index (χ1v) is 11.0. The Hall–Kier alpha value is -3.76. The van der Waals surface area contributed by atoms with E-state index in [2.05, 4.69) is 10.1 Å². The van der Waals surface area contributed by atoms with Crippen LogP contribution in [0.15, 0.2) is 42.5 Å². The Balaban J connectivity index is 1.53. The third-order valence-electron chi connectivity index (χ3n) is 5.42. The molecule has 1 aliphatic heterocycles. The van der Waals surface area contributed by atoms with E-state index in [1.165, 1.54) is 6.07 Å². The molecule has 1 aliphatic rings. The lowest BCUT2D eigenvalue weighted by Crippen LogP contribution is -2.20. The van der Waals surface area contributed by atoms with Crippen LogP contribution in [-0.2, 0) is 24.2 Å². The van der Waals surface area contributed by atoms with Gasteiger partial charge in [-0.3, -0.25) is 9.78 Å². The summed E-state index contributed by atoms with van der Waals surface area (Å²) in [5.74, 6) is -0.569. The summed E-state index contributed by atoms with van der Waals surface area (Å²) in [5, 5.41) is 13.5. The summed E-state index contributed by atoms with van der Waals surface area (Å²) in [7, 11) is 0. The predicted molar refractivity (Wildman–Crippen MR) is 118 cm³/mol. The Bertz CT molecular complexity index is 1200. The predicted octanol–water partition coefficient (Wildman–Crippen LogP) is 4.30. The minimum absolute atomic E-state index is 0.0373. The quantitative estimate of drug-likeness (QED) is 0.452. The molecule has 0 radical (unpaired) electrons. The maximum atomic E-state index is 13.2. The number of hydrogen-bond donors (Lipinski definition) is 1. The molecule has 0 fully saturated rings. The van der Waals surface area contributed by atoms with Gasteiger partial charge < -0.3 is 19.3 Å². The van der Waals surface area contributed by atoms with Gasteiger partial charge in [-0.2, -0.15) is 18.3 Å². The number of alkyl halides is 3. The Morgan fingerprint density at radius 1 is 1.17 bits per heavy atom. The van der Waals surface area contributed by atoms with Crippen LogP contribution in [0.3, 0.4) is 0 Å². The van der Waals surface area contributed by atoms with Crippen molar-refractivity contribution in [3.63, 3.8) is 0 Å². The third-order valence-corrected chi connectivity index (χ3v) is 5.42. The first-order chi connectivity index (χ1) is 16.7. The number of fused-ring (bicyclic) bond motifs is 1. The van der Waals surface area contributed by atoms with Crippen LogP contribution >= 0.6 is 0 Å². The van der Waals surface area contributed by atoms with Gasteiger partial charge in [-0.25, -0.2) is 4.68 Å². The second-order valence-corrected chi connectivity index (χ2v) is 8.23. The van der Waals surface area contributed by atoms with E-state index in [0.29, 0.717) is 29.2 Å². The highest BCUT2D eigenvalue weighted by molar-refractivity contribution is 5.68. The molecular weight excluding hydrogens is 467 g/mol. The molecule has 0 aliphatic carbocycles. The van der Waals surface area contributed by atoms with Gasteiger partial charge in [-0.15, -0.1) is 0 Å². The minimum atomic E-state index is -4.50. The molecule has 1 unspecified atom stereocenters. The second kappa shape index (κ2) is 10.2. The Kier molecular flexibility index (Phi) is 7.13. The summed E-state index contributed by atoms with van der Waals surface area (Å²) in [4.78, 5) is 15.9. The maximum absolute atomic E-state index is 13.2. The highest BCUT2D eigenvalue weighted by Crippen LogP contribution is 2.36. The standard InChI is InChI=1S/C24H24F3N3O5/c1-15-3-2-4-18(28-15)7-8-33-22-12-19(29-30(22)13-24(25,26)27)9-17(11-23(31)32)16-5-6-20-21(10-16)35-14-34-20/h2-6,10,12,17H,7-9,11,13-14H2,1H3,(H,31,32). The number of nitrogens with zero attached hydrogens (tertiary/aromatic N) is 3. The maximum Gasteiger partial charge on any atom is 0.408 e. The Morgan fingerprint density at radius 2 is 1.97 bits per heavy atom. The summed E-state index contributed by atoms with van der Waals surface area (Å²) in [5.41, 5.74) is 2.55. The number of pyridine rings is 1. The molecule has 11 heteroatoms. The molecule has 0 bridgehead atoms. The van der Waals surface area contributed by atoms with Gasteiger partial charge >= 0.3 is 12.1 Å². The van der Waals surface area contributed by atoms with Crippen LogP contribution in [0, 0.1) is 6.92 Å². The van der Waals surface area contributed by atoms with Crippen molar-refractivity contribution in [2.45, 2.75) is 44.8 Å². The van der Waals surface area contributed by atoms with Crippen molar-refractivity contribution in [3.05, 3.63) is 65.1 Å². The summed E-state index contributed by atoms with van der Waals surface area (Å²) in [6.07, 6.45) is -4.22. The van der Waals surface area contributed by atoms with Gasteiger partial charge in [0.25, 0.3) is 0 Å². The molecule has 0 saturated heterocycles. The van der Waals surface area contributed by atoms with Gasteiger partial charge in [0, 0.05) is 29.8 Å². The van der Waals surface area contributed by atoms with Crippen molar-refractivity contribution in [3.8, 4) is 17.4 Å². The van der Waals surface area contributed by atoms with Crippen LogP contribution < -0.4 is 14.2 Å². The van der Waals surface area contributed by atoms with E-state index in [-0.39, 0.29) is 32.1 Å². The van der Waals surface area contributed by atoms with E-state index in [9.17, 15) is 23.1 Å². The van der Waals surface area contributed by atoms with Crippen molar-refractivity contribution in [2.75, 3.05) is 13.4 Å². The van der Waals surface area contributed by atoms with Gasteiger partial charge in [0.15, 0.2) is 11.5 Å². The molecular formula is C24H24F3N3O5. The average Bonchev–Trinajstić information content (AvgIpc) is 3.38. The van der Waals surface area contributed by atoms with Crippen molar-refractivity contribution >= 4 is 5.97 Å². The van der Waals surface area contributed by atoms with Crippen molar-refractivity contribution in [1.82, 2.24) is 14.8 Å². The smallest absolute Gasteiger partial charge is 0.408 e. The Labute approximate surface area is 199 Å². The first-order valence-electron chi connectivity index (χ1n) is 11.0. The van der Waals surface area contributed by atoms with Crippen molar-refractivity contribution < 1.29 is 37.3 Å². The molecule has 1 aromatic carbocycles. The molecule has 1 N–H and O–H groups in total. The minimum Gasteiger partial charge on any atom is -0.481 e. The molecule has 1 atom stereocenters. The van der Waals surface area contributed by atoms with Crippen LogP contribution in [0.5, 0.6) is 17.4 Å². The zero-order valence-corrected chi connectivity index (χ0v) is 18.9. The molecule has 3 aromatic rings. The van der Waals surface area contributed by atoms with Crippen LogP contribution in [0.2, 0.25) is 0 Å². The number of ether oxygens (including phenoxy) is 3. The molecule has 0 amide bonds. The molecule has 3 heterocycles. The number of halogens is 3. The fourth-order valence-electron chi connectivity index (χ4n) is 3.89. The van der Waals surface area contributed by atoms with Gasteiger partial charge in [0.1, 0.15) is 6.54 Å². The van der Waals surface area contributed by atoms with Crippen LogP contribution in [-0.4, -0.2) is 45.4 Å². The summed E-state index contributed by atoms with van der Waals surface area (Å²) >= 11 is 0. The van der Waals surface area contributed by atoms with Crippen molar-refractivity contribution in [2.24, 2.45) is 0 Å². The zero-order chi connectivity index (χ0) is 25.0. The lowest BCUT2D eigenvalue weighted by Gasteiger charge is -2.14. The molecule has 2 aromatic heterocycles. The van der Waals surface area contributed by atoms with Gasteiger partial charge in [-0.05, 0) is 43.2 Å². The van der Waals surface area contributed by atoms with Gasteiger partial charge in [0.2, 0.25) is 12.7 Å². The number of rotatable bonds is 10. The van der Waals surface area contributed by atoms with Gasteiger partial charge in [-0.1, -0.05) is 12.1 Å². The van der Waals surface area contributed by atoms with Gasteiger partial charge in [0.05, 0.1) is 18.7 Å². The summed E-state index contributed by atoms with van der Waals surface area (Å²) < 4.78 is 56.5. The van der Waals surface area contributed by atoms with Crippen LogP contribution in [0.25, 0.3) is 0 Å². The number of aliphatic carboxylic acids is 1. The fourth-order valence-corrected chi connectivity index (χ4v) is 3.89.